The van der Waals surface area contributed by atoms with Crippen LogP contribution in [0.25, 0.3) is 5.82 Å². The van der Waals surface area contributed by atoms with Crippen LogP contribution in [0.5, 0.6) is 0 Å². The van der Waals surface area contributed by atoms with Crippen LogP contribution >= 0.6 is 0 Å². The van der Waals surface area contributed by atoms with Crippen molar-refractivity contribution in [1.82, 2.24) is 14.8 Å². The molecule has 0 saturated carbocycles. The summed E-state index contributed by atoms with van der Waals surface area (Å²) in [7, 11) is 0. The van der Waals surface area contributed by atoms with Crippen molar-refractivity contribution < 1.29 is 4.84 Å². The van der Waals surface area contributed by atoms with E-state index in [0.29, 0.717) is 6.61 Å². The lowest BCUT2D eigenvalue weighted by atomic mass is 10.3. The van der Waals surface area contributed by atoms with Crippen LogP contribution in [0, 0.1) is 0 Å². The Kier molecular flexibility index (Phi) is 4.06. The van der Waals surface area contributed by atoms with Crippen LogP contribution in [0.4, 0.5) is 0 Å². The number of aromatic nitrogens is 3. The van der Waals surface area contributed by atoms with E-state index < -0.39 is 0 Å². The van der Waals surface area contributed by atoms with E-state index in [2.05, 4.69) is 15.2 Å². The Bertz CT molecular complexity index is 502. The van der Waals surface area contributed by atoms with Crippen molar-refractivity contribution in [3.05, 3.63) is 42.4 Å². The number of rotatable bonds is 5. The number of pyridine rings is 1. The van der Waals surface area contributed by atoms with Crippen LogP contribution < -0.4 is 0 Å². The third-order valence-electron chi connectivity index (χ3n) is 2.51. The Morgan fingerprint density at radius 1 is 1.44 bits per heavy atom. The van der Waals surface area contributed by atoms with Crippen molar-refractivity contribution in [3.8, 4) is 5.82 Å². The number of nitrogens with zero attached hydrogens (tertiary/aromatic N) is 4. The van der Waals surface area contributed by atoms with Gasteiger partial charge in [0.05, 0.1) is 5.71 Å². The van der Waals surface area contributed by atoms with Gasteiger partial charge in [0.25, 0.3) is 0 Å². The molecule has 2 aromatic heterocycles. The number of hydrogen-bond acceptors (Lipinski definition) is 4. The molecule has 0 aliphatic rings. The fourth-order valence-corrected chi connectivity index (χ4v) is 1.32. The summed E-state index contributed by atoms with van der Waals surface area (Å²) in [6.45, 7) is 4.42. The third kappa shape index (κ3) is 3.16. The SMILES string of the molecule is CC/C(C)=N/OCc1ccc(-n2cccn2)nc1. The Balaban J connectivity index is 1.96. The molecule has 94 valence electrons. The zero-order valence-electron chi connectivity index (χ0n) is 10.6. The van der Waals surface area contributed by atoms with Crippen molar-refractivity contribution in [3.63, 3.8) is 0 Å². The fourth-order valence-electron chi connectivity index (χ4n) is 1.32. The van der Waals surface area contributed by atoms with E-state index in [4.69, 9.17) is 4.84 Å². The molecule has 0 aliphatic heterocycles. The van der Waals surface area contributed by atoms with Crippen LogP contribution in [0.3, 0.4) is 0 Å². The van der Waals surface area contributed by atoms with E-state index in [0.717, 1.165) is 23.5 Å². The maximum Gasteiger partial charge on any atom is 0.153 e. The highest BCUT2D eigenvalue weighted by Crippen LogP contribution is 2.06. The molecule has 5 heteroatoms. The summed E-state index contributed by atoms with van der Waals surface area (Å²) >= 11 is 0. The molecule has 0 saturated heterocycles. The summed E-state index contributed by atoms with van der Waals surface area (Å²) in [5, 5.41) is 8.10. The normalized spacial score (nSPS) is 11.6. The first-order valence-corrected chi connectivity index (χ1v) is 5.90. The minimum atomic E-state index is 0.434. The molecule has 0 unspecified atom stereocenters. The molecular weight excluding hydrogens is 228 g/mol. The van der Waals surface area contributed by atoms with Crippen LogP contribution in [0.2, 0.25) is 0 Å². The lowest BCUT2D eigenvalue weighted by Crippen LogP contribution is -1.99. The largest absolute Gasteiger partial charge is 0.391 e. The van der Waals surface area contributed by atoms with Gasteiger partial charge in [-0.1, -0.05) is 18.1 Å². The van der Waals surface area contributed by atoms with Gasteiger partial charge in [0, 0.05) is 24.2 Å². The Hall–Kier alpha value is -2.17. The van der Waals surface area contributed by atoms with Crippen molar-refractivity contribution >= 4 is 5.71 Å². The standard InChI is InChI=1S/C13H16N4O/c1-3-11(2)16-18-10-12-5-6-13(14-9-12)17-8-4-7-15-17/h4-9H,3,10H2,1-2H3/b16-11+. The summed E-state index contributed by atoms with van der Waals surface area (Å²) in [5.41, 5.74) is 1.97. The molecule has 0 spiro atoms. The van der Waals surface area contributed by atoms with E-state index in [-0.39, 0.29) is 0 Å². The third-order valence-corrected chi connectivity index (χ3v) is 2.51. The second-order valence-electron chi connectivity index (χ2n) is 3.93. The minimum absolute atomic E-state index is 0.434. The molecule has 18 heavy (non-hydrogen) atoms. The van der Waals surface area contributed by atoms with Crippen molar-refractivity contribution in [2.24, 2.45) is 5.16 Å². The molecule has 5 nitrogen and oxygen atoms in total. The molecule has 0 aliphatic carbocycles. The highest BCUT2D eigenvalue weighted by atomic mass is 16.6. The van der Waals surface area contributed by atoms with Gasteiger partial charge in [0.2, 0.25) is 0 Å². The average molecular weight is 244 g/mol. The van der Waals surface area contributed by atoms with Gasteiger partial charge < -0.3 is 4.84 Å². The quantitative estimate of drug-likeness (QED) is 0.600. The summed E-state index contributed by atoms with van der Waals surface area (Å²) in [6, 6.07) is 5.73. The molecule has 0 fully saturated rings. The van der Waals surface area contributed by atoms with E-state index in [9.17, 15) is 0 Å². The first kappa shape index (κ1) is 12.3. The van der Waals surface area contributed by atoms with E-state index in [1.54, 1.807) is 17.1 Å². The zero-order chi connectivity index (χ0) is 12.8. The van der Waals surface area contributed by atoms with Crippen molar-refractivity contribution in [1.29, 1.82) is 0 Å². The molecule has 0 amide bonds. The molecule has 0 bridgehead atoms. The topological polar surface area (TPSA) is 52.3 Å². The van der Waals surface area contributed by atoms with E-state index >= 15 is 0 Å². The summed E-state index contributed by atoms with van der Waals surface area (Å²) in [4.78, 5) is 9.54. The lowest BCUT2D eigenvalue weighted by molar-refractivity contribution is 0.129. The molecule has 0 N–H and O–H groups in total. The van der Waals surface area contributed by atoms with Gasteiger partial charge in [-0.05, 0) is 25.5 Å². The van der Waals surface area contributed by atoms with Crippen LogP contribution in [-0.2, 0) is 11.4 Å². The summed E-state index contributed by atoms with van der Waals surface area (Å²) in [5.74, 6) is 0.789. The Labute approximate surface area is 106 Å². The van der Waals surface area contributed by atoms with E-state index in [1.165, 1.54) is 0 Å². The molecule has 0 radical (unpaired) electrons. The Morgan fingerprint density at radius 3 is 2.94 bits per heavy atom. The zero-order valence-corrected chi connectivity index (χ0v) is 10.6. The van der Waals surface area contributed by atoms with Crippen LogP contribution in [-0.4, -0.2) is 20.5 Å². The highest BCUT2D eigenvalue weighted by Gasteiger charge is 1.99. The first-order valence-electron chi connectivity index (χ1n) is 5.90. The van der Waals surface area contributed by atoms with E-state index in [1.807, 2.05) is 38.2 Å². The Morgan fingerprint density at radius 2 is 2.33 bits per heavy atom. The molecule has 2 aromatic rings. The van der Waals surface area contributed by atoms with Gasteiger partial charge in [0.1, 0.15) is 6.61 Å². The predicted octanol–water partition coefficient (Wildman–Crippen LogP) is 2.57. The average Bonchev–Trinajstić information content (AvgIpc) is 2.93. The monoisotopic (exact) mass is 244 g/mol. The van der Waals surface area contributed by atoms with Gasteiger partial charge in [-0.2, -0.15) is 5.10 Å². The lowest BCUT2D eigenvalue weighted by Gasteiger charge is -2.03. The smallest absolute Gasteiger partial charge is 0.153 e. The second-order valence-corrected chi connectivity index (χ2v) is 3.93. The molecular formula is C13H16N4O. The second kappa shape index (κ2) is 5.95. The molecule has 0 atom stereocenters. The van der Waals surface area contributed by atoms with Gasteiger partial charge in [-0.15, -0.1) is 0 Å². The van der Waals surface area contributed by atoms with Gasteiger partial charge in [-0.3, -0.25) is 0 Å². The summed E-state index contributed by atoms with van der Waals surface area (Å²) in [6.07, 6.45) is 6.25. The van der Waals surface area contributed by atoms with Gasteiger partial charge in [-0.25, -0.2) is 9.67 Å². The van der Waals surface area contributed by atoms with Gasteiger partial charge in [0.15, 0.2) is 5.82 Å². The maximum absolute atomic E-state index is 5.23. The summed E-state index contributed by atoms with van der Waals surface area (Å²) < 4.78 is 1.71. The number of hydrogen-bond donors (Lipinski definition) is 0. The molecule has 2 rings (SSSR count). The molecule has 0 aromatic carbocycles. The predicted molar refractivity (Wildman–Crippen MR) is 69.5 cm³/mol. The fraction of sp³-hybridized carbons (Fsp3) is 0.308. The van der Waals surface area contributed by atoms with Crippen LogP contribution in [0.1, 0.15) is 25.8 Å². The minimum Gasteiger partial charge on any atom is -0.391 e. The van der Waals surface area contributed by atoms with Crippen molar-refractivity contribution in [2.45, 2.75) is 26.9 Å². The van der Waals surface area contributed by atoms with Gasteiger partial charge >= 0.3 is 0 Å². The number of oxime groups is 1. The van der Waals surface area contributed by atoms with Crippen molar-refractivity contribution in [2.75, 3.05) is 0 Å². The maximum atomic E-state index is 5.23. The van der Waals surface area contributed by atoms with Crippen LogP contribution in [0.15, 0.2) is 41.9 Å². The molecule has 2 heterocycles. The first-order chi connectivity index (χ1) is 8.79. The highest BCUT2D eigenvalue weighted by molar-refractivity contribution is 5.80.